The molecule has 0 saturated carbocycles. The van der Waals surface area contributed by atoms with E-state index in [0.29, 0.717) is 11.3 Å². The monoisotopic (exact) mass is 404 g/mol. The number of thiazole rings is 1. The van der Waals surface area contributed by atoms with Crippen LogP contribution in [0.5, 0.6) is 5.75 Å². The molecule has 29 heavy (non-hydrogen) atoms. The summed E-state index contributed by atoms with van der Waals surface area (Å²) in [6.45, 7) is 5.11. The van der Waals surface area contributed by atoms with Gasteiger partial charge in [-0.2, -0.15) is 4.99 Å². The third kappa shape index (κ3) is 3.70. The predicted molar refractivity (Wildman–Crippen MR) is 120 cm³/mol. The molecule has 3 aromatic carbocycles. The van der Waals surface area contributed by atoms with Crippen molar-refractivity contribution in [3.63, 3.8) is 0 Å². The van der Waals surface area contributed by atoms with Gasteiger partial charge in [-0.05, 0) is 53.4 Å². The summed E-state index contributed by atoms with van der Waals surface area (Å²) < 4.78 is 8.80. The number of ether oxygens (including phenoxy) is 1. The van der Waals surface area contributed by atoms with Gasteiger partial charge in [0.2, 0.25) is 0 Å². The fraction of sp³-hybridized carbons (Fsp3) is 0.250. The lowest BCUT2D eigenvalue weighted by molar-refractivity contribution is 0.0995. The molecule has 148 valence electrons. The van der Waals surface area contributed by atoms with Crippen molar-refractivity contribution >= 4 is 38.2 Å². The molecule has 0 atom stereocenters. The minimum absolute atomic E-state index is 0.278. The van der Waals surface area contributed by atoms with E-state index in [4.69, 9.17) is 4.74 Å². The number of carbonyl (C=O) groups is 1. The third-order valence-corrected chi connectivity index (χ3v) is 6.14. The highest BCUT2D eigenvalue weighted by molar-refractivity contribution is 7.16. The van der Waals surface area contributed by atoms with Crippen LogP contribution in [0.2, 0.25) is 0 Å². The maximum Gasteiger partial charge on any atom is 0.283 e. The number of hydrogen-bond donors (Lipinski definition) is 0. The summed E-state index contributed by atoms with van der Waals surface area (Å²) in [5.74, 6) is 0.272. The Balaban J connectivity index is 1.87. The van der Waals surface area contributed by atoms with Gasteiger partial charge in [-0.15, -0.1) is 0 Å². The van der Waals surface area contributed by atoms with Crippen LogP contribution in [0.15, 0.2) is 59.6 Å². The zero-order valence-electron chi connectivity index (χ0n) is 16.9. The zero-order valence-corrected chi connectivity index (χ0v) is 17.8. The number of methoxy groups -OCH3 is 1. The number of carbonyl (C=O) groups excluding carboxylic acids is 1. The van der Waals surface area contributed by atoms with Gasteiger partial charge in [0.05, 0.1) is 22.9 Å². The first-order valence-corrected chi connectivity index (χ1v) is 10.7. The average molecular weight is 405 g/mol. The highest BCUT2D eigenvalue weighted by Gasteiger charge is 2.15. The second kappa shape index (κ2) is 8.21. The van der Waals surface area contributed by atoms with Gasteiger partial charge >= 0.3 is 0 Å². The number of rotatable bonds is 5. The molecule has 4 nitrogen and oxygen atoms in total. The van der Waals surface area contributed by atoms with Crippen molar-refractivity contribution in [2.45, 2.75) is 33.2 Å². The average Bonchev–Trinajstić information content (AvgIpc) is 3.09. The van der Waals surface area contributed by atoms with Crippen LogP contribution in [-0.4, -0.2) is 17.6 Å². The fourth-order valence-electron chi connectivity index (χ4n) is 3.57. The van der Waals surface area contributed by atoms with Gasteiger partial charge in [-0.3, -0.25) is 4.79 Å². The molecule has 0 fully saturated rings. The van der Waals surface area contributed by atoms with E-state index in [1.165, 1.54) is 5.56 Å². The van der Waals surface area contributed by atoms with Crippen LogP contribution in [0.4, 0.5) is 0 Å². The highest BCUT2D eigenvalue weighted by Crippen LogP contribution is 2.27. The van der Waals surface area contributed by atoms with E-state index < -0.39 is 0 Å². The Morgan fingerprint density at radius 3 is 2.52 bits per heavy atom. The molecule has 0 aliphatic carbocycles. The van der Waals surface area contributed by atoms with Crippen molar-refractivity contribution in [1.29, 1.82) is 0 Å². The van der Waals surface area contributed by atoms with Crippen molar-refractivity contribution < 1.29 is 9.53 Å². The quantitative estimate of drug-likeness (QED) is 0.436. The first kappa shape index (κ1) is 19.4. The number of aromatic nitrogens is 1. The topological polar surface area (TPSA) is 43.6 Å². The lowest BCUT2D eigenvalue weighted by atomic mass is 10.1. The molecule has 0 N–H and O–H groups in total. The molecule has 1 heterocycles. The predicted octanol–water partition coefficient (Wildman–Crippen LogP) is 5.58. The second-order valence-electron chi connectivity index (χ2n) is 7.01. The Bertz CT molecular complexity index is 1270. The summed E-state index contributed by atoms with van der Waals surface area (Å²) in [7, 11) is 1.59. The third-order valence-electron chi connectivity index (χ3n) is 5.10. The summed E-state index contributed by atoms with van der Waals surface area (Å²) in [5, 5.41) is 2.04. The van der Waals surface area contributed by atoms with Gasteiger partial charge in [-0.1, -0.05) is 55.5 Å². The van der Waals surface area contributed by atoms with E-state index in [2.05, 4.69) is 41.6 Å². The van der Waals surface area contributed by atoms with Crippen molar-refractivity contribution in [3.05, 3.63) is 70.5 Å². The van der Waals surface area contributed by atoms with Gasteiger partial charge < -0.3 is 9.30 Å². The lowest BCUT2D eigenvalue weighted by Gasteiger charge is -2.08. The van der Waals surface area contributed by atoms with Crippen molar-refractivity contribution in [1.82, 2.24) is 4.57 Å². The van der Waals surface area contributed by atoms with Crippen LogP contribution in [0.25, 0.3) is 21.0 Å². The normalized spacial score (nSPS) is 12.0. The number of fused-ring (bicyclic) bond motifs is 2. The van der Waals surface area contributed by atoms with Crippen molar-refractivity contribution in [2.75, 3.05) is 7.11 Å². The van der Waals surface area contributed by atoms with Crippen LogP contribution in [-0.2, 0) is 13.0 Å². The van der Waals surface area contributed by atoms with E-state index in [9.17, 15) is 4.79 Å². The molecule has 0 saturated heterocycles. The van der Waals surface area contributed by atoms with Gasteiger partial charge in [0.25, 0.3) is 5.91 Å². The SMILES string of the molecule is CCCn1c(=NC(=O)c2cc3ccccc3cc2OC)sc2cc(CC)ccc21. The summed E-state index contributed by atoms with van der Waals surface area (Å²) in [5.41, 5.74) is 2.91. The largest absolute Gasteiger partial charge is 0.496 e. The van der Waals surface area contributed by atoms with Crippen molar-refractivity contribution in [3.8, 4) is 5.75 Å². The molecule has 1 aromatic heterocycles. The van der Waals surface area contributed by atoms with E-state index in [0.717, 1.165) is 45.2 Å². The Hall–Kier alpha value is -2.92. The Morgan fingerprint density at radius 1 is 1.07 bits per heavy atom. The van der Waals surface area contributed by atoms with Gasteiger partial charge in [0.15, 0.2) is 4.80 Å². The summed E-state index contributed by atoms with van der Waals surface area (Å²) in [6, 6.07) is 18.2. The molecule has 0 spiro atoms. The number of nitrogens with zero attached hydrogens (tertiary/aromatic N) is 2. The molecular weight excluding hydrogens is 380 g/mol. The van der Waals surface area contributed by atoms with Gasteiger partial charge in [-0.25, -0.2) is 0 Å². The molecule has 1 amide bonds. The zero-order chi connectivity index (χ0) is 20.4. The van der Waals surface area contributed by atoms with Gasteiger partial charge in [0, 0.05) is 6.54 Å². The Labute approximate surface area is 174 Å². The van der Waals surface area contributed by atoms with Crippen LogP contribution < -0.4 is 9.54 Å². The molecule has 0 radical (unpaired) electrons. The minimum Gasteiger partial charge on any atom is -0.496 e. The first-order chi connectivity index (χ1) is 14.1. The first-order valence-electron chi connectivity index (χ1n) is 9.92. The van der Waals surface area contributed by atoms with E-state index in [-0.39, 0.29) is 5.91 Å². The van der Waals surface area contributed by atoms with E-state index >= 15 is 0 Å². The lowest BCUT2D eigenvalue weighted by Crippen LogP contribution is -2.17. The molecule has 0 aliphatic heterocycles. The Kier molecular flexibility index (Phi) is 5.49. The molecule has 0 aliphatic rings. The van der Waals surface area contributed by atoms with Gasteiger partial charge in [0.1, 0.15) is 5.75 Å². The van der Waals surface area contributed by atoms with Crippen LogP contribution in [0.3, 0.4) is 0 Å². The maximum atomic E-state index is 13.1. The highest BCUT2D eigenvalue weighted by atomic mass is 32.1. The molecule has 0 unspecified atom stereocenters. The van der Waals surface area contributed by atoms with Crippen LogP contribution >= 0.6 is 11.3 Å². The molecule has 4 aromatic rings. The molecular formula is C24H24N2O2S. The Morgan fingerprint density at radius 2 is 1.83 bits per heavy atom. The molecule has 4 rings (SSSR count). The smallest absolute Gasteiger partial charge is 0.283 e. The number of benzene rings is 3. The minimum atomic E-state index is -0.278. The second-order valence-corrected chi connectivity index (χ2v) is 8.02. The fourth-order valence-corrected chi connectivity index (χ4v) is 4.68. The van der Waals surface area contributed by atoms with E-state index in [1.54, 1.807) is 18.4 Å². The molecule has 0 bridgehead atoms. The summed E-state index contributed by atoms with van der Waals surface area (Å²) in [6.07, 6.45) is 1.96. The molecule has 5 heteroatoms. The van der Waals surface area contributed by atoms with Crippen LogP contribution in [0, 0.1) is 0 Å². The number of aryl methyl sites for hydroxylation is 2. The van der Waals surface area contributed by atoms with Crippen molar-refractivity contribution in [2.24, 2.45) is 4.99 Å². The number of amides is 1. The number of hydrogen-bond acceptors (Lipinski definition) is 3. The maximum absolute atomic E-state index is 13.1. The van der Waals surface area contributed by atoms with E-state index in [1.807, 2.05) is 36.4 Å². The summed E-state index contributed by atoms with van der Waals surface area (Å²) in [4.78, 5) is 18.4. The van der Waals surface area contributed by atoms with Crippen LogP contribution in [0.1, 0.15) is 36.2 Å². The summed E-state index contributed by atoms with van der Waals surface area (Å²) >= 11 is 1.57. The standard InChI is InChI=1S/C24H24N2O2S/c1-4-12-26-20-11-10-16(5-2)13-22(20)29-24(26)25-23(27)19-14-17-8-6-7-9-18(17)15-21(19)28-3/h6-11,13-15H,4-5,12H2,1-3H3.